The minimum absolute atomic E-state index is 0.0126. The van der Waals surface area contributed by atoms with Crippen LogP contribution in [-0.2, 0) is 49.3 Å². The van der Waals surface area contributed by atoms with Crippen molar-refractivity contribution in [1.29, 1.82) is 0 Å². The van der Waals surface area contributed by atoms with Crippen LogP contribution >= 0.6 is 20.0 Å². The SMILES string of the molecule is CC(C)C[C@H](NC(=O)CNC(=O)[C@H](CCC(N)=O)NC(=O)[C@H](Cc1ccc(OP(=O)(O)O)cc1)NC(=O)[C@H](CC(C)C)NC(=O)CCNC(=O)c1cc(N=C=S)ccc1-c1c2ccc(=O)cc-2oc2cc(O)ccc12)C(=O)N[C@@H](CO)C(N)=O. The summed E-state index contributed by atoms with van der Waals surface area (Å²) in [5.41, 5.74) is 12.4. The number of carbonyl (C=O) groups is 9. The molecule has 0 fully saturated rings. The zero-order valence-electron chi connectivity index (χ0n) is 46.0. The van der Waals surface area contributed by atoms with Gasteiger partial charge in [0.2, 0.25) is 47.3 Å². The molecule has 1 aliphatic heterocycles. The Kier molecular flexibility index (Phi) is 23.9. The minimum Gasteiger partial charge on any atom is -0.508 e. The molecule has 0 unspecified atom stereocenters. The number of nitrogens with one attached hydrogen (secondary N) is 7. The number of thiocarbonyl (C=S) groups is 1. The van der Waals surface area contributed by atoms with Crippen molar-refractivity contribution < 1.29 is 76.7 Å². The van der Waals surface area contributed by atoms with Gasteiger partial charge in [0.05, 0.1) is 24.0 Å². The predicted octanol–water partition coefficient (Wildman–Crippen LogP) is 1.21. The lowest BCUT2D eigenvalue weighted by Gasteiger charge is -2.26. The summed E-state index contributed by atoms with van der Waals surface area (Å²) in [4.78, 5) is 155. The number of primary amides is 2. The molecule has 3 aromatic rings. The van der Waals surface area contributed by atoms with Gasteiger partial charge in [0, 0.05) is 60.0 Å². The van der Waals surface area contributed by atoms with Crippen molar-refractivity contribution in [2.75, 3.05) is 19.7 Å². The van der Waals surface area contributed by atoms with Gasteiger partial charge in [-0.05, 0) is 103 Å². The number of hydrogen-bond donors (Lipinski definition) is 13. The second kappa shape index (κ2) is 30.4. The smallest absolute Gasteiger partial charge is 0.508 e. The van der Waals surface area contributed by atoms with E-state index in [0.717, 1.165) is 0 Å². The van der Waals surface area contributed by atoms with E-state index in [1.807, 2.05) is 0 Å². The van der Waals surface area contributed by atoms with Gasteiger partial charge in [-0.2, -0.15) is 4.99 Å². The number of aromatic hydroxyl groups is 1. The number of aliphatic imine (C=N–C) groups is 1. The quantitative estimate of drug-likeness (QED) is 0.0133. The lowest BCUT2D eigenvalue weighted by atomic mass is 9.90. The Hall–Kier alpha value is -8.91. The van der Waals surface area contributed by atoms with E-state index in [1.165, 1.54) is 54.6 Å². The molecule has 1 aliphatic carbocycles. The number of amides is 9. The molecule has 0 bridgehead atoms. The number of aliphatic hydroxyl groups excluding tert-OH is 1. The molecule has 1 heterocycles. The van der Waals surface area contributed by atoms with Gasteiger partial charge in [-0.3, -0.25) is 57.7 Å². The number of phenolic OH excluding ortho intramolecular Hbond substituents is 1. The lowest BCUT2D eigenvalue weighted by Crippen LogP contribution is -2.58. The van der Waals surface area contributed by atoms with Crippen LogP contribution < -0.4 is 58.6 Å². The summed E-state index contributed by atoms with van der Waals surface area (Å²) in [6.45, 7) is 5.11. The molecule has 15 N–H and O–H groups in total. The van der Waals surface area contributed by atoms with Crippen LogP contribution in [0.5, 0.6) is 11.5 Å². The number of nitrogens with two attached hydrogens (primary N) is 2. The Labute approximate surface area is 485 Å². The summed E-state index contributed by atoms with van der Waals surface area (Å²) in [5.74, 6) is -8.59. The van der Waals surface area contributed by atoms with E-state index >= 15 is 0 Å². The number of phenols is 1. The molecular weight excluding hydrogens is 1140 g/mol. The molecule has 2 aliphatic rings. The fraction of sp³-hybridized carbons (Fsp3) is 0.364. The first-order valence-electron chi connectivity index (χ1n) is 26.1. The van der Waals surface area contributed by atoms with E-state index in [-0.39, 0.29) is 89.1 Å². The van der Waals surface area contributed by atoms with Gasteiger partial charge in [0.25, 0.3) is 5.91 Å². The second-order valence-corrected chi connectivity index (χ2v) is 21.5. The molecule has 3 aromatic carbocycles. The van der Waals surface area contributed by atoms with Crippen LogP contribution in [0, 0.1) is 11.8 Å². The fourth-order valence-electron chi connectivity index (χ4n) is 8.65. The average molecular weight is 1200 g/mol. The van der Waals surface area contributed by atoms with Gasteiger partial charge >= 0.3 is 7.82 Å². The second-order valence-electron chi connectivity index (χ2n) is 20.2. The van der Waals surface area contributed by atoms with Crippen LogP contribution in [0.2, 0.25) is 0 Å². The van der Waals surface area contributed by atoms with Crippen LogP contribution in [0.4, 0.5) is 5.69 Å². The number of carbonyl (C=O) groups excluding carboxylic acids is 9. The Morgan fingerprint density at radius 3 is 1.90 bits per heavy atom. The third-order valence-electron chi connectivity index (χ3n) is 12.5. The van der Waals surface area contributed by atoms with Gasteiger partial charge in [-0.25, -0.2) is 4.57 Å². The molecule has 5 atom stereocenters. The van der Waals surface area contributed by atoms with E-state index in [1.54, 1.807) is 52.0 Å². The van der Waals surface area contributed by atoms with Gasteiger partial charge in [-0.1, -0.05) is 45.9 Å². The fourth-order valence-corrected chi connectivity index (χ4v) is 9.15. The van der Waals surface area contributed by atoms with Gasteiger partial charge < -0.3 is 67.8 Å². The van der Waals surface area contributed by atoms with Crippen LogP contribution in [-0.4, -0.2) is 128 Å². The number of benzene rings is 4. The number of isothiocyanates is 1. The number of rotatable bonds is 30. The number of nitrogens with zero attached hydrogens (tertiary/aromatic N) is 1. The summed E-state index contributed by atoms with van der Waals surface area (Å²) in [6, 6.07) is 11.0. The zero-order valence-corrected chi connectivity index (χ0v) is 47.7. The normalized spacial score (nSPS) is 13.1. The molecule has 0 aromatic heterocycles. The molecule has 29 heteroatoms. The van der Waals surface area contributed by atoms with Crippen LogP contribution in [0.15, 0.2) is 93.1 Å². The number of fused-ring (bicyclic) bond motifs is 2. The number of phosphoric ester groups is 1. The maximum absolute atomic E-state index is 14.3. The standard InChI is InChI=1S/C55H65N10O17PS/c1-28(2)19-40(61-47(70)17-18-58-51(73)38-22-31(60-27-84)7-12-35(38)49-36-13-8-32(67)23-44(36)81-45-24-33(68)9-14-37(45)49)53(75)64-42(21-30-5-10-34(11-6-30)82-83(78,79)80)55(77)63-39(15-16-46(56)69)52(74)59-25-48(71)62-41(20-29(3)4)54(76)65-43(26-66)50(57)72/h5-14,22-24,28-29,39-43,66-67H,15-21,25-26H2,1-4H3,(H2,56,69)(H2,57,72)(H,58,73)(H,59,74)(H,61,70)(H,62,71)(H,63,77)(H,64,75)(H,65,76)(H2,78,79,80)/t39-,40-,41-,42-,43-/m0/s1. The molecule has 0 spiro atoms. The summed E-state index contributed by atoms with van der Waals surface area (Å²) < 4.78 is 22.1. The molecule has 9 amide bonds. The Morgan fingerprint density at radius 2 is 1.31 bits per heavy atom. The van der Waals surface area contributed by atoms with Crippen LogP contribution in [0.1, 0.15) is 75.7 Å². The average Bonchev–Trinajstić information content (AvgIpc) is 0.960. The van der Waals surface area contributed by atoms with Crippen molar-refractivity contribution in [3.63, 3.8) is 0 Å². The van der Waals surface area contributed by atoms with E-state index in [0.29, 0.717) is 22.1 Å². The molecule has 0 radical (unpaired) electrons. The van der Waals surface area contributed by atoms with E-state index in [4.69, 9.17) is 28.1 Å². The highest BCUT2D eigenvalue weighted by molar-refractivity contribution is 7.78. The zero-order chi connectivity index (χ0) is 62.0. The largest absolute Gasteiger partial charge is 0.524 e. The number of aliphatic hydroxyl groups is 1. The lowest BCUT2D eigenvalue weighted by molar-refractivity contribution is -0.134. The third kappa shape index (κ3) is 19.9. The minimum atomic E-state index is -4.98. The van der Waals surface area contributed by atoms with Crippen LogP contribution in [0.25, 0.3) is 33.4 Å². The van der Waals surface area contributed by atoms with E-state index in [2.05, 4.69) is 51.9 Å². The molecule has 84 heavy (non-hydrogen) atoms. The van der Waals surface area contributed by atoms with E-state index in [9.17, 15) is 72.5 Å². The van der Waals surface area contributed by atoms with Gasteiger partial charge in [0.1, 0.15) is 53.1 Å². The monoisotopic (exact) mass is 1200 g/mol. The highest BCUT2D eigenvalue weighted by Gasteiger charge is 2.32. The summed E-state index contributed by atoms with van der Waals surface area (Å²) >= 11 is 4.81. The maximum atomic E-state index is 14.3. The van der Waals surface area contributed by atoms with Crippen molar-refractivity contribution in [2.45, 2.75) is 96.4 Å². The summed E-state index contributed by atoms with van der Waals surface area (Å²) in [6.07, 6.45) is -1.54. The molecule has 0 saturated heterocycles. The Bertz CT molecular complexity index is 3400. The van der Waals surface area contributed by atoms with Crippen molar-refractivity contribution in [3.05, 3.63) is 100 Å². The molecular formula is C55H65N10O17PS. The first-order valence-corrected chi connectivity index (χ1v) is 28.1. The third-order valence-corrected chi connectivity index (χ3v) is 13.1. The Morgan fingerprint density at radius 1 is 0.702 bits per heavy atom. The predicted molar refractivity (Wildman–Crippen MR) is 307 cm³/mol. The van der Waals surface area contributed by atoms with Crippen molar-refractivity contribution in [2.24, 2.45) is 28.3 Å². The van der Waals surface area contributed by atoms with Crippen LogP contribution in [0.3, 0.4) is 0 Å². The van der Waals surface area contributed by atoms with Crippen molar-refractivity contribution in [1.82, 2.24) is 37.2 Å². The molecule has 27 nitrogen and oxygen atoms in total. The molecule has 0 saturated carbocycles. The van der Waals surface area contributed by atoms with Gasteiger partial charge in [0.15, 0.2) is 5.43 Å². The summed E-state index contributed by atoms with van der Waals surface area (Å²) in [5, 5.41) is 40.0. The summed E-state index contributed by atoms with van der Waals surface area (Å²) in [7, 11) is -4.98. The topological polar surface area (TPSA) is 440 Å². The highest BCUT2D eigenvalue weighted by atomic mass is 32.1. The number of hydrogen-bond acceptors (Lipinski definition) is 17. The van der Waals surface area contributed by atoms with Gasteiger partial charge in [-0.15, -0.1) is 0 Å². The first-order chi connectivity index (χ1) is 39.6. The maximum Gasteiger partial charge on any atom is 0.524 e. The van der Waals surface area contributed by atoms with Crippen molar-refractivity contribution in [3.8, 4) is 33.9 Å². The first kappa shape index (κ1) is 65.9. The molecule has 5 rings (SSSR count). The Balaban J connectivity index is 1.35. The number of phosphoric acid groups is 1. The highest BCUT2D eigenvalue weighted by Crippen LogP contribution is 2.43. The van der Waals surface area contributed by atoms with E-state index < -0.39 is 117 Å². The van der Waals surface area contributed by atoms with Crippen molar-refractivity contribution >= 4 is 95.0 Å². The molecule has 448 valence electrons.